The number of furan rings is 1. The number of unbranched alkanes of at least 4 members (excludes halogenated alkanes) is 1. The summed E-state index contributed by atoms with van der Waals surface area (Å²) in [6, 6.07) is 13.1. The van der Waals surface area contributed by atoms with E-state index in [0.717, 1.165) is 33.8 Å². The molecule has 0 atom stereocenters. The Kier molecular flexibility index (Phi) is 7.44. The summed E-state index contributed by atoms with van der Waals surface area (Å²) in [7, 11) is 0. The quantitative estimate of drug-likeness (QED) is 0.104. The molecule has 182 valence electrons. The molecule has 9 nitrogen and oxygen atoms in total. The van der Waals surface area contributed by atoms with Crippen molar-refractivity contribution in [2.24, 2.45) is 16.8 Å². The Hall–Kier alpha value is -3.34. The number of amidine groups is 1. The number of carboxylic acids is 1. The third-order valence-electron chi connectivity index (χ3n) is 5.69. The molecule has 0 saturated carbocycles. The Labute approximate surface area is 214 Å². The second-order valence-electron chi connectivity index (χ2n) is 7.91. The number of carboxylic acid groups (broad SMARTS) is 1. The number of rotatable bonds is 8. The summed E-state index contributed by atoms with van der Waals surface area (Å²) < 4.78 is 8.58. The molecule has 35 heavy (non-hydrogen) atoms. The zero-order valence-electron chi connectivity index (χ0n) is 18.9. The van der Waals surface area contributed by atoms with Gasteiger partial charge in [-0.3, -0.25) is 0 Å². The van der Waals surface area contributed by atoms with Crippen LogP contribution in [0.1, 0.15) is 47.2 Å². The highest BCUT2D eigenvalue weighted by Crippen LogP contribution is 2.39. The summed E-state index contributed by atoms with van der Waals surface area (Å²) >= 11 is 9.85. The van der Waals surface area contributed by atoms with Gasteiger partial charge in [0.25, 0.3) is 0 Å². The average Bonchev–Trinajstić information content (AvgIpc) is 3.34. The second-order valence-corrected chi connectivity index (χ2v) is 9.06. The Morgan fingerprint density at radius 3 is 2.77 bits per heavy atom. The first-order valence-electron chi connectivity index (χ1n) is 10.9. The number of hydrogen-bond acceptors (Lipinski definition) is 6. The molecule has 2 aromatic heterocycles. The molecule has 0 radical (unpaired) electrons. The predicted octanol–water partition coefficient (Wildman–Crippen LogP) is 4.88. The summed E-state index contributed by atoms with van der Waals surface area (Å²) in [6.07, 6.45) is 2.48. The number of nitrogens with zero attached hydrogens (tertiary/aromatic N) is 3. The minimum Gasteiger partial charge on any atom is -0.476 e. The van der Waals surface area contributed by atoms with Crippen LogP contribution in [0.25, 0.3) is 22.3 Å². The van der Waals surface area contributed by atoms with Gasteiger partial charge in [0.15, 0.2) is 16.7 Å². The highest BCUT2D eigenvalue weighted by molar-refractivity contribution is 9.10. The molecule has 4 aromatic rings. The zero-order valence-corrected chi connectivity index (χ0v) is 21.2. The number of benzene rings is 2. The maximum atomic E-state index is 11.9. The molecule has 0 amide bonds. The molecule has 0 spiro atoms. The maximum absolute atomic E-state index is 11.9. The molecular formula is C24H24BrClN6O3. The van der Waals surface area contributed by atoms with Crippen LogP contribution in [-0.2, 0) is 13.0 Å². The van der Waals surface area contributed by atoms with Crippen LogP contribution in [0.2, 0.25) is 5.15 Å². The van der Waals surface area contributed by atoms with E-state index in [0.29, 0.717) is 41.5 Å². The summed E-state index contributed by atoms with van der Waals surface area (Å²) in [4.78, 5) is 16.2. The normalized spacial score (nSPS) is 11.8. The van der Waals surface area contributed by atoms with Crippen LogP contribution in [-0.4, -0.2) is 26.5 Å². The van der Waals surface area contributed by atoms with E-state index in [1.807, 2.05) is 42.5 Å². The van der Waals surface area contributed by atoms with Gasteiger partial charge in [0.2, 0.25) is 0 Å². The molecule has 6 N–H and O–H groups in total. The van der Waals surface area contributed by atoms with E-state index in [2.05, 4.69) is 38.4 Å². The summed E-state index contributed by atoms with van der Waals surface area (Å²) in [5.41, 5.74) is 5.45. The number of aromatic carboxylic acids is 1. The summed E-state index contributed by atoms with van der Waals surface area (Å²) in [5, 5.41) is 14.3. The van der Waals surface area contributed by atoms with E-state index in [1.165, 1.54) is 0 Å². The average molecular weight is 560 g/mol. The van der Waals surface area contributed by atoms with E-state index in [-0.39, 0.29) is 10.8 Å². The molecular weight excluding hydrogens is 536 g/mol. The van der Waals surface area contributed by atoms with Gasteiger partial charge in [0, 0.05) is 29.5 Å². The molecule has 0 bridgehead atoms. The van der Waals surface area contributed by atoms with Gasteiger partial charge in [-0.2, -0.15) is 5.10 Å². The maximum Gasteiger partial charge on any atom is 0.355 e. The van der Waals surface area contributed by atoms with E-state index in [4.69, 9.17) is 27.7 Å². The lowest BCUT2D eigenvalue weighted by atomic mass is 10.0. The number of carbonyl (C=O) groups is 1. The number of hydrazine groups is 1. The lowest BCUT2D eigenvalue weighted by Gasteiger charge is -2.10. The van der Waals surface area contributed by atoms with Crippen molar-refractivity contribution >= 4 is 50.3 Å². The largest absolute Gasteiger partial charge is 0.476 e. The van der Waals surface area contributed by atoms with Crippen molar-refractivity contribution in [3.05, 3.63) is 74.7 Å². The van der Waals surface area contributed by atoms with E-state index < -0.39 is 5.97 Å². The van der Waals surface area contributed by atoms with Gasteiger partial charge in [0.05, 0.1) is 4.47 Å². The molecule has 0 fully saturated rings. The van der Waals surface area contributed by atoms with Crippen molar-refractivity contribution in [1.82, 2.24) is 15.0 Å². The third kappa shape index (κ3) is 4.77. The Morgan fingerprint density at radius 1 is 1.31 bits per heavy atom. The topological polar surface area (TPSA) is 145 Å². The molecule has 11 heteroatoms. The van der Waals surface area contributed by atoms with Crippen molar-refractivity contribution in [3.8, 4) is 11.3 Å². The first-order valence-corrected chi connectivity index (χ1v) is 12.1. The van der Waals surface area contributed by atoms with Gasteiger partial charge in [-0.1, -0.05) is 55.3 Å². The van der Waals surface area contributed by atoms with Gasteiger partial charge in [0.1, 0.15) is 17.2 Å². The van der Waals surface area contributed by atoms with Crippen LogP contribution in [0, 0.1) is 0 Å². The second kappa shape index (κ2) is 10.5. The van der Waals surface area contributed by atoms with Gasteiger partial charge < -0.3 is 25.4 Å². The van der Waals surface area contributed by atoms with Gasteiger partial charge in [-0.05, 0) is 40.0 Å². The van der Waals surface area contributed by atoms with E-state index in [9.17, 15) is 9.90 Å². The SMILES string of the molecule is CCCCc1nc(Cl)c(C(=O)O)n1Cc1ccc2oc(-c3ccccc3/C(=N/N)NN)c(Br)c2c1. The number of aromatic nitrogens is 2. The highest BCUT2D eigenvalue weighted by Gasteiger charge is 2.23. The summed E-state index contributed by atoms with van der Waals surface area (Å²) in [5.74, 6) is 11.5. The minimum atomic E-state index is -1.11. The van der Waals surface area contributed by atoms with Gasteiger partial charge in [-0.25, -0.2) is 15.6 Å². The van der Waals surface area contributed by atoms with Crippen molar-refractivity contribution < 1.29 is 14.3 Å². The first-order chi connectivity index (χ1) is 16.9. The molecule has 0 aliphatic carbocycles. The monoisotopic (exact) mass is 558 g/mol. The fraction of sp³-hybridized carbons (Fsp3) is 0.208. The van der Waals surface area contributed by atoms with Crippen LogP contribution in [0.3, 0.4) is 0 Å². The zero-order chi connectivity index (χ0) is 25.1. The fourth-order valence-electron chi connectivity index (χ4n) is 4.01. The first kappa shape index (κ1) is 24.8. The van der Waals surface area contributed by atoms with E-state index >= 15 is 0 Å². The van der Waals surface area contributed by atoms with Crippen LogP contribution in [0.15, 0.2) is 56.5 Å². The lowest BCUT2D eigenvalue weighted by molar-refractivity contribution is 0.0685. The number of halogens is 2. The Bertz CT molecular complexity index is 1430. The Morgan fingerprint density at radius 2 is 2.09 bits per heavy atom. The molecule has 4 rings (SSSR count). The van der Waals surface area contributed by atoms with Gasteiger partial charge in [-0.15, -0.1) is 0 Å². The molecule has 2 heterocycles. The van der Waals surface area contributed by atoms with Crippen molar-refractivity contribution in [3.63, 3.8) is 0 Å². The molecule has 0 aliphatic rings. The molecule has 0 unspecified atom stereocenters. The fourth-order valence-corrected chi connectivity index (χ4v) is 4.89. The molecule has 2 aromatic carbocycles. The molecule has 0 aliphatic heterocycles. The van der Waals surface area contributed by atoms with Crippen molar-refractivity contribution in [2.45, 2.75) is 32.7 Å². The number of nitrogens with two attached hydrogens (primary N) is 2. The number of nitrogens with one attached hydrogen (secondary N) is 1. The van der Waals surface area contributed by atoms with E-state index in [1.54, 1.807) is 4.57 Å². The number of imidazole rings is 1. The van der Waals surface area contributed by atoms with Crippen LogP contribution in [0.5, 0.6) is 0 Å². The highest BCUT2D eigenvalue weighted by atomic mass is 79.9. The lowest BCUT2D eigenvalue weighted by Crippen LogP contribution is -2.32. The van der Waals surface area contributed by atoms with Gasteiger partial charge >= 0.3 is 5.97 Å². The standard InChI is InChI=1S/C24H24BrClN6O3/c1-2-3-8-18-29-22(26)20(24(33)34)32(18)12-13-9-10-17-16(11-13)19(25)21(35-17)14-6-4-5-7-15(14)23(30-27)31-28/h4-7,9-11H,2-3,8,12,27-28H2,1H3,(H,30,31)(H,33,34). The van der Waals surface area contributed by atoms with Crippen molar-refractivity contribution in [1.29, 1.82) is 0 Å². The number of hydrazone groups is 1. The van der Waals surface area contributed by atoms with Crippen LogP contribution in [0.4, 0.5) is 0 Å². The van der Waals surface area contributed by atoms with Crippen LogP contribution >= 0.6 is 27.5 Å². The minimum absolute atomic E-state index is 0.000971. The number of hydrogen-bond donors (Lipinski definition) is 4. The third-order valence-corrected chi connectivity index (χ3v) is 6.74. The summed E-state index contributed by atoms with van der Waals surface area (Å²) in [6.45, 7) is 2.37. The van der Waals surface area contributed by atoms with Crippen LogP contribution < -0.4 is 17.1 Å². The predicted molar refractivity (Wildman–Crippen MR) is 139 cm³/mol. The number of aryl methyl sites for hydroxylation is 1. The molecule has 0 saturated heterocycles. The number of fused-ring (bicyclic) bond motifs is 1. The Balaban J connectivity index is 1.78. The van der Waals surface area contributed by atoms with Crippen molar-refractivity contribution in [2.75, 3.05) is 0 Å². The smallest absolute Gasteiger partial charge is 0.355 e.